The summed E-state index contributed by atoms with van der Waals surface area (Å²) in [5.41, 5.74) is 3.73. The van der Waals surface area contributed by atoms with Crippen LogP contribution in [0.5, 0.6) is 0 Å². The molecule has 0 amide bonds. The van der Waals surface area contributed by atoms with E-state index < -0.39 is 5.60 Å². The molecule has 1 aliphatic rings. The molecule has 3 aromatic rings. The van der Waals surface area contributed by atoms with Crippen LogP contribution in [-0.2, 0) is 10.3 Å². The number of benzene rings is 3. The zero-order valence-electron chi connectivity index (χ0n) is 12.9. The Bertz CT molecular complexity index is 855. The van der Waals surface area contributed by atoms with Crippen molar-refractivity contribution in [2.24, 2.45) is 4.99 Å². The first-order chi connectivity index (χ1) is 11.3. The summed E-state index contributed by atoms with van der Waals surface area (Å²) >= 11 is 0. The van der Waals surface area contributed by atoms with Gasteiger partial charge >= 0.3 is 0 Å². The second-order valence-corrected chi connectivity index (χ2v) is 5.80. The van der Waals surface area contributed by atoms with E-state index in [4.69, 9.17) is 9.73 Å². The van der Waals surface area contributed by atoms with Crippen LogP contribution < -0.4 is 0 Å². The smallest absolute Gasteiger partial charge is 0.222 e. The number of ether oxygens (including phenoxy) is 1. The van der Waals surface area contributed by atoms with Crippen molar-refractivity contribution in [2.75, 3.05) is 0 Å². The molecule has 2 nitrogen and oxygen atoms in total. The Morgan fingerprint density at radius 1 is 0.739 bits per heavy atom. The summed E-state index contributed by atoms with van der Waals surface area (Å²) in [6.07, 6.45) is 0. The maximum Gasteiger partial charge on any atom is 0.222 e. The van der Waals surface area contributed by atoms with E-state index >= 15 is 0 Å². The molecule has 23 heavy (non-hydrogen) atoms. The Labute approximate surface area is 136 Å². The number of aliphatic imine (C=N–C) groups is 1. The van der Waals surface area contributed by atoms with E-state index in [1.807, 2.05) is 54.6 Å². The van der Waals surface area contributed by atoms with Crippen LogP contribution in [0.2, 0.25) is 0 Å². The summed E-state index contributed by atoms with van der Waals surface area (Å²) in [4.78, 5) is 4.71. The molecule has 2 heteroatoms. The number of rotatable bonds is 2. The average molecular weight is 299 g/mol. The van der Waals surface area contributed by atoms with Gasteiger partial charge in [-0.2, -0.15) is 0 Å². The maximum atomic E-state index is 6.36. The molecule has 0 spiro atoms. The number of hydrogen-bond acceptors (Lipinski definition) is 2. The predicted octanol–water partition coefficient (Wildman–Crippen LogP) is 5.06. The summed E-state index contributed by atoms with van der Waals surface area (Å²) in [5, 5.41) is 0. The number of hydrogen-bond donors (Lipinski definition) is 0. The van der Waals surface area contributed by atoms with Crippen molar-refractivity contribution in [3.05, 3.63) is 102 Å². The van der Waals surface area contributed by atoms with Gasteiger partial charge in [-0.25, -0.2) is 4.99 Å². The number of fused-ring (bicyclic) bond motifs is 1. The lowest BCUT2D eigenvalue weighted by atomic mass is 9.87. The van der Waals surface area contributed by atoms with Gasteiger partial charge in [0, 0.05) is 11.1 Å². The Balaban J connectivity index is 1.86. The third-order valence-electron chi connectivity index (χ3n) is 4.28. The van der Waals surface area contributed by atoms with Gasteiger partial charge in [0.05, 0.1) is 5.69 Å². The van der Waals surface area contributed by atoms with Crippen LogP contribution in [0.4, 0.5) is 5.69 Å². The first-order valence-corrected chi connectivity index (χ1v) is 7.75. The van der Waals surface area contributed by atoms with Crippen molar-refractivity contribution < 1.29 is 4.74 Å². The lowest BCUT2D eigenvalue weighted by Crippen LogP contribution is -2.23. The minimum atomic E-state index is -0.508. The molecule has 0 saturated carbocycles. The molecule has 0 N–H and O–H groups in total. The molecule has 3 aromatic carbocycles. The number of para-hydroxylation sites is 1. The third-order valence-corrected chi connectivity index (χ3v) is 4.28. The highest BCUT2D eigenvalue weighted by Crippen LogP contribution is 2.42. The summed E-state index contributed by atoms with van der Waals surface area (Å²) < 4.78 is 6.36. The Morgan fingerprint density at radius 2 is 1.35 bits per heavy atom. The molecular formula is C21H17NO. The summed E-state index contributed by atoms with van der Waals surface area (Å²) in [5.74, 6) is 0.679. The topological polar surface area (TPSA) is 21.6 Å². The van der Waals surface area contributed by atoms with E-state index in [9.17, 15) is 0 Å². The van der Waals surface area contributed by atoms with Crippen molar-refractivity contribution in [3.63, 3.8) is 0 Å². The van der Waals surface area contributed by atoms with Gasteiger partial charge in [-0.3, -0.25) is 0 Å². The third kappa shape index (κ3) is 2.33. The second-order valence-electron chi connectivity index (χ2n) is 5.80. The van der Waals surface area contributed by atoms with Crippen LogP contribution in [0.15, 0.2) is 89.9 Å². The van der Waals surface area contributed by atoms with Crippen LogP contribution >= 0.6 is 0 Å². The van der Waals surface area contributed by atoms with Crippen molar-refractivity contribution >= 4 is 11.6 Å². The van der Waals surface area contributed by atoms with Gasteiger partial charge in [0.2, 0.25) is 5.90 Å². The minimum Gasteiger partial charge on any atom is -0.461 e. The van der Waals surface area contributed by atoms with E-state index in [0.717, 1.165) is 22.4 Å². The minimum absolute atomic E-state index is 0.508. The highest BCUT2D eigenvalue weighted by molar-refractivity contribution is 6.00. The lowest BCUT2D eigenvalue weighted by molar-refractivity contribution is 0.135. The highest BCUT2D eigenvalue weighted by Gasteiger charge is 2.41. The molecule has 0 aliphatic carbocycles. The van der Waals surface area contributed by atoms with Crippen LogP contribution in [-0.4, -0.2) is 5.90 Å². The summed E-state index contributed by atoms with van der Waals surface area (Å²) in [6.45, 7) is 2.11. The molecule has 0 fully saturated rings. The predicted molar refractivity (Wildman–Crippen MR) is 93.1 cm³/mol. The fourth-order valence-electron chi connectivity index (χ4n) is 3.06. The average Bonchev–Trinajstić information content (AvgIpc) is 2.91. The zero-order chi connectivity index (χ0) is 15.7. The van der Waals surface area contributed by atoms with Crippen LogP contribution in [0.1, 0.15) is 23.6 Å². The Morgan fingerprint density at radius 3 is 2.09 bits per heavy atom. The van der Waals surface area contributed by atoms with E-state index in [0.29, 0.717) is 5.90 Å². The number of nitrogens with zero attached hydrogens (tertiary/aromatic N) is 1. The van der Waals surface area contributed by atoms with E-state index in [2.05, 4.69) is 37.3 Å². The summed E-state index contributed by atoms with van der Waals surface area (Å²) in [6, 6.07) is 28.5. The molecule has 0 bridgehead atoms. The van der Waals surface area contributed by atoms with Crippen LogP contribution in [0, 0.1) is 0 Å². The van der Waals surface area contributed by atoms with Crippen LogP contribution in [0.3, 0.4) is 0 Å². The molecular weight excluding hydrogens is 282 g/mol. The van der Waals surface area contributed by atoms with E-state index in [1.54, 1.807) is 0 Å². The highest BCUT2D eigenvalue weighted by atomic mass is 16.5. The molecule has 4 rings (SSSR count). The standard InChI is InChI=1S/C21H17NO/c1-21(16-10-4-2-5-11-16)19-15-9-8-14-18(19)20(23-21)22-17-12-6-3-7-13-17/h2-15H,1H3. The molecule has 1 unspecified atom stereocenters. The molecule has 1 aliphatic heterocycles. The summed E-state index contributed by atoms with van der Waals surface area (Å²) in [7, 11) is 0. The van der Waals surface area contributed by atoms with Crippen LogP contribution in [0.25, 0.3) is 0 Å². The van der Waals surface area contributed by atoms with Gasteiger partial charge in [-0.05, 0) is 30.7 Å². The van der Waals surface area contributed by atoms with Gasteiger partial charge < -0.3 is 4.74 Å². The van der Waals surface area contributed by atoms with Gasteiger partial charge in [-0.15, -0.1) is 0 Å². The van der Waals surface area contributed by atoms with Crippen molar-refractivity contribution in [1.29, 1.82) is 0 Å². The van der Waals surface area contributed by atoms with Gasteiger partial charge in [0.1, 0.15) is 0 Å². The van der Waals surface area contributed by atoms with E-state index in [1.165, 1.54) is 0 Å². The first-order valence-electron chi connectivity index (χ1n) is 7.75. The fourth-order valence-corrected chi connectivity index (χ4v) is 3.06. The monoisotopic (exact) mass is 299 g/mol. The molecule has 1 heterocycles. The maximum absolute atomic E-state index is 6.36. The van der Waals surface area contributed by atoms with E-state index in [-0.39, 0.29) is 0 Å². The Hall–Kier alpha value is -2.87. The van der Waals surface area contributed by atoms with Crippen molar-refractivity contribution in [1.82, 2.24) is 0 Å². The molecule has 0 radical (unpaired) electrons. The molecule has 0 aromatic heterocycles. The van der Waals surface area contributed by atoms with Crippen molar-refractivity contribution in [2.45, 2.75) is 12.5 Å². The van der Waals surface area contributed by atoms with Gasteiger partial charge in [0.25, 0.3) is 0 Å². The van der Waals surface area contributed by atoms with Crippen molar-refractivity contribution in [3.8, 4) is 0 Å². The first kappa shape index (κ1) is 13.8. The van der Waals surface area contributed by atoms with Gasteiger partial charge in [0.15, 0.2) is 5.60 Å². The molecule has 0 saturated heterocycles. The largest absolute Gasteiger partial charge is 0.461 e. The van der Waals surface area contributed by atoms with Gasteiger partial charge in [-0.1, -0.05) is 66.7 Å². The Kier molecular flexibility index (Phi) is 3.23. The molecule has 1 atom stereocenters. The lowest BCUT2D eigenvalue weighted by Gasteiger charge is -2.25. The quantitative estimate of drug-likeness (QED) is 0.648. The normalized spacial score (nSPS) is 21.0. The molecule has 112 valence electrons. The fraction of sp³-hybridized carbons (Fsp3) is 0.0952. The second kappa shape index (κ2) is 5.40. The SMILES string of the molecule is CC1(c2ccccc2)OC(=Nc2ccccc2)c2ccccc21. The zero-order valence-corrected chi connectivity index (χ0v) is 12.9.